The summed E-state index contributed by atoms with van der Waals surface area (Å²) in [6.45, 7) is 4.50. The molecule has 0 aliphatic heterocycles. The second kappa shape index (κ2) is 7.85. The molecule has 1 saturated carbocycles. The summed E-state index contributed by atoms with van der Waals surface area (Å²) in [7, 11) is -3.70. The standard InChI is InChI=1S/C19H26ClN5O2S/c1-3-10-25(19(2)8-4-5-9-19)28(26,27)13-6-7-14-15(11-13)17(24-18(21)22)23-12-16(14)20/h6-7,11-12H,3-5,8-10H2,1-2H3,(H4,21,22,23,24). The predicted molar refractivity (Wildman–Crippen MR) is 113 cm³/mol. The SMILES string of the molecule is CCCN(C1(C)CCCC1)S(=O)(=O)c1ccc2c(Cl)cnc(N=C(N)N)c2c1. The Hall–Kier alpha value is -1.90. The van der Waals surface area contributed by atoms with E-state index in [4.69, 9.17) is 23.1 Å². The van der Waals surface area contributed by atoms with Gasteiger partial charge in [-0.2, -0.15) is 9.30 Å². The van der Waals surface area contributed by atoms with E-state index < -0.39 is 10.0 Å². The number of fused-ring (bicyclic) bond motifs is 1. The maximum absolute atomic E-state index is 13.6. The number of sulfonamides is 1. The first kappa shape index (κ1) is 20.8. The minimum Gasteiger partial charge on any atom is -0.370 e. The first-order chi connectivity index (χ1) is 13.2. The molecule has 2 aromatic rings. The zero-order valence-corrected chi connectivity index (χ0v) is 17.7. The van der Waals surface area contributed by atoms with Gasteiger partial charge in [-0.05, 0) is 38.3 Å². The molecule has 1 aliphatic carbocycles. The molecule has 0 radical (unpaired) electrons. The molecule has 3 rings (SSSR count). The summed E-state index contributed by atoms with van der Waals surface area (Å²) in [5, 5.41) is 1.54. The Morgan fingerprint density at radius 1 is 1.29 bits per heavy atom. The number of hydrogen-bond donors (Lipinski definition) is 2. The fraction of sp³-hybridized carbons (Fsp3) is 0.474. The number of aliphatic imine (C=N–C) groups is 1. The summed E-state index contributed by atoms with van der Waals surface area (Å²) in [5.41, 5.74) is 10.6. The van der Waals surface area contributed by atoms with E-state index in [1.807, 2.05) is 13.8 Å². The van der Waals surface area contributed by atoms with Gasteiger partial charge in [0.25, 0.3) is 0 Å². The maximum atomic E-state index is 13.6. The fourth-order valence-electron chi connectivity index (χ4n) is 3.94. The van der Waals surface area contributed by atoms with Crippen LogP contribution in [0.1, 0.15) is 46.0 Å². The lowest BCUT2D eigenvalue weighted by Crippen LogP contribution is -2.48. The average molecular weight is 424 g/mol. The molecule has 1 aliphatic rings. The minimum atomic E-state index is -3.70. The quantitative estimate of drug-likeness (QED) is 0.544. The van der Waals surface area contributed by atoms with Crippen molar-refractivity contribution in [3.05, 3.63) is 29.4 Å². The molecule has 0 unspecified atom stereocenters. The Bertz CT molecular complexity index is 1010. The highest BCUT2D eigenvalue weighted by atomic mass is 35.5. The topological polar surface area (TPSA) is 115 Å². The van der Waals surface area contributed by atoms with Crippen LogP contribution >= 0.6 is 11.6 Å². The summed E-state index contributed by atoms with van der Waals surface area (Å²) in [6.07, 6.45) is 6.01. The summed E-state index contributed by atoms with van der Waals surface area (Å²) in [5.74, 6) is 0.0843. The molecule has 0 atom stereocenters. The fourth-order valence-corrected chi connectivity index (χ4v) is 6.10. The highest BCUT2D eigenvalue weighted by Crippen LogP contribution is 2.39. The highest BCUT2D eigenvalue weighted by Gasteiger charge is 2.42. The molecule has 0 saturated heterocycles. The normalized spacial score (nSPS) is 16.6. The Morgan fingerprint density at radius 3 is 2.57 bits per heavy atom. The van der Waals surface area contributed by atoms with Crippen LogP contribution in [0.25, 0.3) is 10.8 Å². The lowest BCUT2D eigenvalue weighted by atomic mass is 10.0. The van der Waals surface area contributed by atoms with Crippen LogP contribution in [0, 0.1) is 0 Å². The third-order valence-electron chi connectivity index (χ3n) is 5.32. The van der Waals surface area contributed by atoms with E-state index in [0.717, 1.165) is 32.1 Å². The maximum Gasteiger partial charge on any atom is 0.243 e. The third-order valence-corrected chi connectivity index (χ3v) is 7.68. The van der Waals surface area contributed by atoms with Crippen molar-refractivity contribution >= 4 is 44.2 Å². The van der Waals surface area contributed by atoms with Crippen LogP contribution in [0.3, 0.4) is 0 Å². The van der Waals surface area contributed by atoms with E-state index in [9.17, 15) is 8.42 Å². The zero-order chi connectivity index (χ0) is 20.5. The highest BCUT2D eigenvalue weighted by molar-refractivity contribution is 7.89. The molecule has 152 valence electrons. The Morgan fingerprint density at radius 2 is 1.96 bits per heavy atom. The van der Waals surface area contributed by atoms with Crippen LogP contribution in [-0.4, -0.2) is 35.8 Å². The van der Waals surface area contributed by atoms with Gasteiger partial charge in [0.15, 0.2) is 11.8 Å². The van der Waals surface area contributed by atoms with Crippen LogP contribution in [0.2, 0.25) is 5.02 Å². The van der Waals surface area contributed by atoms with Crippen molar-refractivity contribution < 1.29 is 8.42 Å². The van der Waals surface area contributed by atoms with Crippen LogP contribution in [-0.2, 0) is 10.0 Å². The number of nitrogens with two attached hydrogens (primary N) is 2. The van der Waals surface area contributed by atoms with Crippen LogP contribution < -0.4 is 11.5 Å². The van der Waals surface area contributed by atoms with Crippen LogP contribution in [0.15, 0.2) is 34.3 Å². The minimum absolute atomic E-state index is 0.157. The van der Waals surface area contributed by atoms with Gasteiger partial charge in [0.05, 0.1) is 9.92 Å². The van der Waals surface area contributed by atoms with E-state index in [0.29, 0.717) is 22.3 Å². The van der Waals surface area contributed by atoms with Crippen molar-refractivity contribution in [2.75, 3.05) is 6.54 Å². The van der Waals surface area contributed by atoms with Gasteiger partial charge in [0.2, 0.25) is 10.0 Å². The van der Waals surface area contributed by atoms with E-state index in [1.54, 1.807) is 22.5 Å². The van der Waals surface area contributed by atoms with Crippen molar-refractivity contribution in [3.63, 3.8) is 0 Å². The summed E-state index contributed by atoms with van der Waals surface area (Å²) in [6, 6.07) is 4.83. The van der Waals surface area contributed by atoms with E-state index in [-0.39, 0.29) is 22.2 Å². The van der Waals surface area contributed by atoms with Gasteiger partial charge in [-0.3, -0.25) is 0 Å². The molecule has 4 N–H and O–H groups in total. The van der Waals surface area contributed by atoms with Crippen molar-refractivity contribution in [3.8, 4) is 0 Å². The van der Waals surface area contributed by atoms with Crippen molar-refractivity contribution in [1.82, 2.24) is 9.29 Å². The summed E-state index contributed by atoms with van der Waals surface area (Å²) in [4.78, 5) is 8.36. The van der Waals surface area contributed by atoms with Gasteiger partial charge >= 0.3 is 0 Å². The number of pyridine rings is 1. The number of aromatic nitrogens is 1. The van der Waals surface area contributed by atoms with Crippen molar-refractivity contribution in [2.45, 2.75) is 56.4 Å². The predicted octanol–water partition coefficient (Wildman–Crippen LogP) is 3.53. The first-order valence-corrected chi connectivity index (χ1v) is 11.2. The number of halogens is 1. The second-order valence-corrected chi connectivity index (χ2v) is 9.72. The molecule has 9 heteroatoms. The zero-order valence-electron chi connectivity index (χ0n) is 16.2. The van der Waals surface area contributed by atoms with Gasteiger partial charge in [0, 0.05) is 29.1 Å². The average Bonchev–Trinajstić information content (AvgIpc) is 3.08. The van der Waals surface area contributed by atoms with Gasteiger partial charge < -0.3 is 11.5 Å². The number of guanidine groups is 1. The molecule has 1 fully saturated rings. The molecule has 1 heterocycles. The van der Waals surface area contributed by atoms with Crippen LogP contribution in [0.5, 0.6) is 0 Å². The third kappa shape index (κ3) is 3.81. The van der Waals surface area contributed by atoms with Gasteiger partial charge in [-0.1, -0.05) is 37.4 Å². The van der Waals surface area contributed by atoms with Crippen molar-refractivity contribution in [2.24, 2.45) is 16.5 Å². The van der Waals surface area contributed by atoms with E-state index >= 15 is 0 Å². The van der Waals surface area contributed by atoms with Gasteiger partial charge in [-0.15, -0.1) is 0 Å². The molecule has 1 aromatic carbocycles. The number of benzene rings is 1. The smallest absolute Gasteiger partial charge is 0.243 e. The molecule has 0 amide bonds. The molecule has 1 aromatic heterocycles. The lowest BCUT2D eigenvalue weighted by Gasteiger charge is -2.37. The molecule has 28 heavy (non-hydrogen) atoms. The van der Waals surface area contributed by atoms with Crippen LogP contribution in [0.4, 0.5) is 5.82 Å². The number of hydrogen-bond acceptors (Lipinski definition) is 4. The molecular formula is C19H26ClN5O2S. The second-order valence-electron chi connectivity index (χ2n) is 7.46. The van der Waals surface area contributed by atoms with Gasteiger partial charge in [0.1, 0.15) is 0 Å². The Balaban J connectivity index is 2.17. The number of nitrogens with zero attached hydrogens (tertiary/aromatic N) is 3. The number of rotatable bonds is 6. The Kier molecular flexibility index (Phi) is 5.84. The molecule has 0 spiro atoms. The molecule has 0 bridgehead atoms. The monoisotopic (exact) mass is 423 g/mol. The largest absolute Gasteiger partial charge is 0.370 e. The van der Waals surface area contributed by atoms with E-state index in [1.165, 1.54) is 6.20 Å². The van der Waals surface area contributed by atoms with E-state index in [2.05, 4.69) is 9.98 Å². The first-order valence-electron chi connectivity index (χ1n) is 9.40. The lowest BCUT2D eigenvalue weighted by molar-refractivity contribution is 0.211. The summed E-state index contributed by atoms with van der Waals surface area (Å²) < 4.78 is 28.8. The Labute approximate surface area is 170 Å². The van der Waals surface area contributed by atoms with Crippen molar-refractivity contribution in [1.29, 1.82) is 0 Å². The summed E-state index contributed by atoms with van der Waals surface area (Å²) >= 11 is 6.24. The van der Waals surface area contributed by atoms with Gasteiger partial charge in [-0.25, -0.2) is 13.4 Å². The molecule has 7 nitrogen and oxygen atoms in total. The molecular weight excluding hydrogens is 398 g/mol.